The van der Waals surface area contributed by atoms with Crippen LogP contribution in [0.1, 0.15) is 31.9 Å². The van der Waals surface area contributed by atoms with Gasteiger partial charge in [0.2, 0.25) is 0 Å². The van der Waals surface area contributed by atoms with Gasteiger partial charge in [0, 0.05) is 17.6 Å². The maximum atomic E-state index is 13.7. The molecular formula is C14H20F2N2. The Morgan fingerprint density at radius 3 is 2.89 bits per heavy atom. The maximum absolute atomic E-state index is 13.7. The maximum Gasteiger partial charge on any atom is 0.128 e. The summed E-state index contributed by atoms with van der Waals surface area (Å²) >= 11 is 0. The first-order valence-corrected chi connectivity index (χ1v) is 6.49. The first-order chi connectivity index (χ1) is 8.58. The van der Waals surface area contributed by atoms with Gasteiger partial charge < -0.3 is 10.6 Å². The van der Waals surface area contributed by atoms with Crippen LogP contribution in [0.4, 0.5) is 8.78 Å². The van der Waals surface area contributed by atoms with E-state index in [1.807, 2.05) is 6.92 Å². The molecule has 0 spiro atoms. The molecule has 1 heterocycles. The molecule has 1 aromatic carbocycles. The third-order valence-electron chi connectivity index (χ3n) is 3.67. The molecule has 18 heavy (non-hydrogen) atoms. The van der Waals surface area contributed by atoms with Crippen LogP contribution in [-0.2, 0) is 0 Å². The fourth-order valence-corrected chi connectivity index (χ4v) is 2.52. The third-order valence-corrected chi connectivity index (χ3v) is 3.67. The molecule has 3 atom stereocenters. The molecule has 1 saturated heterocycles. The van der Waals surface area contributed by atoms with Gasteiger partial charge in [0.25, 0.3) is 0 Å². The van der Waals surface area contributed by atoms with Crippen LogP contribution in [0.15, 0.2) is 18.2 Å². The van der Waals surface area contributed by atoms with Gasteiger partial charge in [0.1, 0.15) is 11.6 Å². The molecule has 1 aromatic rings. The van der Waals surface area contributed by atoms with E-state index in [1.165, 1.54) is 12.1 Å². The summed E-state index contributed by atoms with van der Waals surface area (Å²) in [6.45, 7) is 5.99. The molecule has 2 N–H and O–H groups in total. The van der Waals surface area contributed by atoms with Crippen LogP contribution in [-0.4, -0.2) is 19.1 Å². The molecule has 4 heteroatoms. The number of halogens is 2. The van der Waals surface area contributed by atoms with Crippen molar-refractivity contribution in [3.05, 3.63) is 35.4 Å². The molecule has 2 nitrogen and oxygen atoms in total. The van der Waals surface area contributed by atoms with E-state index >= 15 is 0 Å². The lowest BCUT2D eigenvalue weighted by atomic mass is 9.93. The molecule has 1 fully saturated rings. The number of piperidine rings is 1. The Hall–Kier alpha value is -1.00. The Morgan fingerprint density at radius 2 is 2.17 bits per heavy atom. The number of nitrogens with one attached hydrogen (secondary N) is 2. The lowest BCUT2D eigenvalue weighted by molar-refractivity contribution is 0.276. The van der Waals surface area contributed by atoms with Crippen LogP contribution in [0.5, 0.6) is 0 Å². The van der Waals surface area contributed by atoms with Gasteiger partial charge in [-0.2, -0.15) is 0 Å². The molecule has 0 amide bonds. The Bertz CT molecular complexity index is 409. The first kappa shape index (κ1) is 13.4. The highest BCUT2D eigenvalue weighted by atomic mass is 19.1. The van der Waals surface area contributed by atoms with Crippen molar-refractivity contribution in [1.82, 2.24) is 10.6 Å². The van der Waals surface area contributed by atoms with Crippen LogP contribution in [0.25, 0.3) is 0 Å². The molecule has 3 unspecified atom stereocenters. The summed E-state index contributed by atoms with van der Waals surface area (Å²) in [5.41, 5.74) is 0.403. The van der Waals surface area contributed by atoms with Crippen molar-refractivity contribution in [3.63, 3.8) is 0 Å². The SMILES string of the molecule is CC(NC1CCNCC1C)c1cc(F)ccc1F. The number of rotatable bonds is 3. The standard InChI is InChI=1S/C14H20F2N2/c1-9-8-17-6-5-14(9)18-10(2)12-7-11(15)3-4-13(12)16/h3-4,7,9-10,14,17-18H,5-6,8H2,1-2H3. The Labute approximate surface area is 107 Å². The van der Waals surface area contributed by atoms with Gasteiger partial charge in [0.05, 0.1) is 0 Å². The van der Waals surface area contributed by atoms with E-state index in [2.05, 4.69) is 17.6 Å². The van der Waals surface area contributed by atoms with E-state index in [4.69, 9.17) is 0 Å². The zero-order valence-electron chi connectivity index (χ0n) is 10.8. The Morgan fingerprint density at radius 1 is 1.39 bits per heavy atom. The van der Waals surface area contributed by atoms with Crippen molar-refractivity contribution in [2.45, 2.75) is 32.4 Å². The molecule has 1 aliphatic heterocycles. The predicted molar refractivity (Wildman–Crippen MR) is 68.3 cm³/mol. The summed E-state index contributed by atoms with van der Waals surface area (Å²) in [5, 5.41) is 6.73. The van der Waals surface area contributed by atoms with E-state index in [0.717, 1.165) is 25.6 Å². The van der Waals surface area contributed by atoms with E-state index in [-0.39, 0.29) is 11.9 Å². The normalized spacial score (nSPS) is 26.0. The predicted octanol–water partition coefficient (Wildman–Crippen LogP) is 2.61. The third kappa shape index (κ3) is 3.06. The van der Waals surface area contributed by atoms with E-state index in [1.54, 1.807) is 0 Å². The van der Waals surface area contributed by atoms with Gasteiger partial charge in [-0.3, -0.25) is 0 Å². The molecular weight excluding hydrogens is 234 g/mol. The van der Waals surface area contributed by atoms with Gasteiger partial charge in [-0.25, -0.2) is 8.78 Å². The first-order valence-electron chi connectivity index (χ1n) is 6.49. The van der Waals surface area contributed by atoms with E-state index in [0.29, 0.717) is 17.5 Å². The second-order valence-corrected chi connectivity index (χ2v) is 5.13. The molecule has 2 rings (SSSR count). The van der Waals surface area contributed by atoms with Gasteiger partial charge >= 0.3 is 0 Å². The van der Waals surface area contributed by atoms with E-state index < -0.39 is 5.82 Å². The summed E-state index contributed by atoms with van der Waals surface area (Å²) in [6, 6.07) is 3.79. The highest BCUT2D eigenvalue weighted by Gasteiger charge is 2.23. The van der Waals surface area contributed by atoms with Crippen molar-refractivity contribution >= 4 is 0 Å². The Kier molecular flexibility index (Phi) is 4.30. The lowest BCUT2D eigenvalue weighted by Crippen LogP contribution is -2.47. The van der Waals surface area contributed by atoms with Crippen LogP contribution < -0.4 is 10.6 Å². The van der Waals surface area contributed by atoms with Crippen molar-refractivity contribution in [2.24, 2.45) is 5.92 Å². The molecule has 0 aromatic heterocycles. The molecule has 0 radical (unpaired) electrons. The smallest absolute Gasteiger partial charge is 0.128 e. The van der Waals surface area contributed by atoms with Gasteiger partial charge in [-0.1, -0.05) is 6.92 Å². The van der Waals surface area contributed by atoms with Crippen molar-refractivity contribution in [2.75, 3.05) is 13.1 Å². The summed E-state index contributed by atoms with van der Waals surface area (Å²) < 4.78 is 26.8. The largest absolute Gasteiger partial charge is 0.316 e. The highest BCUT2D eigenvalue weighted by Crippen LogP contribution is 2.21. The van der Waals surface area contributed by atoms with Crippen molar-refractivity contribution < 1.29 is 8.78 Å². The van der Waals surface area contributed by atoms with Crippen LogP contribution in [0.3, 0.4) is 0 Å². The van der Waals surface area contributed by atoms with Crippen LogP contribution in [0.2, 0.25) is 0 Å². The number of hydrogen-bond donors (Lipinski definition) is 2. The second-order valence-electron chi connectivity index (χ2n) is 5.13. The number of hydrogen-bond acceptors (Lipinski definition) is 2. The number of benzene rings is 1. The summed E-state index contributed by atoms with van der Waals surface area (Å²) in [4.78, 5) is 0. The van der Waals surface area contributed by atoms with E-state index in [9.17, 15) is 8.78 Å². The summed E-state index contributed by atoms with van der Waals surface area (Å²) in [5.74, 6) is -0.241. The average Bonchev–Trinajstić information content (AvgIpc) is 2.35. The molecule has 0 bridgehead atoms. The average molecular weight is 254 g/mol. The monoisotopic (exact) mass is 254 g/mol. The Balaban J connectivity index is 2.06. The summed E-state index contributed by atoms with van der Waals surface area (Å²) in [6.07, 6.45) is 1.02. The van der Waals surface area contributed by atoms with Crippen molar-refractivity contribution in [1.29, 1.82) is 0 Å². The van der Waals surface area contributed by atoms with Gasteiger partial charge in [-0.05, 0) is 50.6 Å². The topological polar surface area (TPSA) is 24.1 Å². The highest BCUT2D eigenvalue weighted by molar-refractivity contribution is 5.22. The van der Waals surface area contributed by atoms with Crippen LogP contribution in [0, 0.1) is 17.6 Å². The fraction of sp³-hybridized carbons (Fsp3) is 0.571. The minimum atomic E-state index is -0.390. The fourth-order valence-electron chi connectivity index (χ4n) is 2.52. The molecule has 0 saturated carbocycles. The minimum absolute atomic E-state index is 0.175. The summed E-state index contributed by atoms with van der Waals surface area (Å²) in [7, 11) is 0. The zero-order valence-corrected chi connectivity index (χ0v) is 10.8. The van der Waals surface area contributed by atoms with Gasteiger partial charge in [0.15, 0.2) is 0 Å². The zero-order chi connectivity index (χ0) is 13.1. The van der Waals surface area contributed by atoms with Crippen LogP contribution >= 0.6 is 0 Å². The second kappa shape index (κ2) is 5.76. The van der Waals surface area contributed by atoms with Crippen molar-refractivity contribution in [3.8, 4) is 0 Å². The minimum Gasteiger partial charge on any atom is -0.316 e. The molecule has 1 aliphatic rings. The van der Waals surface area contributed by atoms with Gasteiger partial charge in [-0.15, -0.1) is 0 Å². The lowest BCUT2D eigenvalue weighted by Gasteiger charge is -2.33. The molecule has 100 valence electrons. The quantitative estimate of drug-likeness (QED) is 0.866. The molecule has 0 aliphatic carbocycles.